The van der Waals surface area contributed by atoms with Gasteiger partial charge in [0.15, 0.2) is 0 Å². The average molecular weight is 285 g/mol. The van der Waals surface area contributed by atoms with Crippen LogP contribution < -0.4 is 4.72 Å². The minimum Gasteiger partial charge on any atom is -0.480 e. The summed E-state index contributed by atoms with van der Waals surface area (Å²) in [6.07, 6.45) is 0.132. The minimum absolute atomic E-state index is 0.0522. The molecule has 0 radical (unpaired) electrons. The highest BCUT2D eigenvalue weighted by molar-refractivity contribution is 7.89. The summed E-state index contributed by atoms with van der Waals surface area (Å²) in [5, 5.41) is 9.11. The van der Waals surface area contributed by atoms with Crippen LogP contribution in [0.1, 0.15) is 19.4 Å². The normalized spacial score (nSPS) is 13.4. The third kappa shape index (κ3) is 5.85. The quantitative estimate of drug-likeness (QED) is 0.790. The first-order valence-electron chi connectivity index (χ1n) is 6.07. The first kappa shape index (κ1) is 15.7. The predicted molar refractivity (Wildman–Crippen MR) is 73.3 cm³/mol. The maximum atomic E-state index is 11.8. The van der Waals surface area contributed by atoms with Crippen LogP contribution >= 0.6 is 0 Å². The summed E-state index contributed by atoms with van der Waals surface area (Å²) < 4.78 is 25.8. The summed E-state index contributed by atoms with van der Waals surface area (Å²) in [5.41, 5.74) is 0.780. The lowest BCUT2D eigenvalue weighted by Crippen LogP contribution is -2.43. The number of hydrogen-bond acceptors (Lipinski definition) is 3. The van der Waals surface area contributed by atoms with Gasteiger partial charge in [0.2, 0.25) is 10.0 Å². The monoisotopic (exact) mass is 285 g/mol. The Morgan fingerprint density at radius 1 is 1.26 bits per heavy atom. The van der Waals surface area contributed by atoms with E-state index < -0.39 is 22.0 Å². The third-order valence-electron chi connectivity index (χ3n) is 2.46. The first-order chi connectivity index (χ1) is 8.80. The Hall–Kier alpha value is -1.40. The molecule has 2 N–H and O–H groups in total. The molecule has 0 saturated heterocycles. The number of hydrogen-bond donors (Lipinski definition) is 2. The van der Waals surface area contributed by atoms with Crippen LogP contribution in [0.2, 0.25) is 0 Å². The Balaban J connectivity index is 2.77. The van der Waals surface area contributed by atoms with E-state index in [2.05, 4.69) is 4.72 Å². The summed E-state index contributed by atoms with van der Waals surface area (Å²) in [5.74, 6) is -1.30. The lowest BCUT2D eigenvalue weighted by Gasteiger charge is -2.15. The molecule has 0 aliphatic rings. The van der Waals surface area contributed by atoms with Crippen LogP contribution in [0.5, 0.6) is 0 Å². The second-order valence-corrected chi connectivity index (χ2v) is 6.67. The number of nitrogens with one attached hydrogen (secondary N) is 1. The molecule has 1 atom stereocenters. The average Bonchev–Trinajstić information content (AvgIpc) is 2.27. The number of carboxylic acids is 1. The highest BCUT2D eigenvalue weighted by Crippen LogP contribution is 2.06. The lowest BCUT2D eigenvalue weighted by molar-refractivity contribution is -0.138. The Morgan fingerprint density at radius 2 is 1.84 bits per heavy atom. The van der Waals surface area contributed by atoms with Gasteiger partial charge in [-0.05, 0) is 17.9 Å². The molecule has 0 aliphatic carbocycles. The van der Waals surface area contributed by atoms with Crippen LogP contribution in [-0.2, 0) is 21.2 Å². The molecule has 0 bridgehead atoms. The van der Waals surface area contributed by atoms with Gasteiger partial charge in [0, 0.05) is 0 Å². The molecule has 0 aromatic heterocycles. The number of rotatable bonds is 7. The van der Waals surface area contributed by atoms with Crippen LogP contribution in [0.25, 0.3) is 0 Å². The highest BCUT2D eigenvalue weighted by Gasteiger charge is 2.24. The smallest absolute Gasteiger partial charge is 0.322 e. The Morgan fingerprint density at radius 3 is 2.32 bits per heavy atom. The maximum absolute atomic E-state index is 11.8. The molecule has 0 spiro atoms. The van der Waals surface area contributed by atoms with Gasteiger partial charge in [0.1, 0.15) is 6.04 Å². The predicted octanol–water partition coefficient (Wildman–Crippen LogP) is 1.26. The molecule has 6 heteroatoms. The van der Waals surface area contributed by atoms with Gasteiger partial charge in [0.05, 0.1) is 5.75 Å². The number of carboxylic acid groups (broad SMARTS) is 1. The zero-order valence-corrected chi connectivity index (χ0v) is 11.9. The topological polar surface area (TPSA) is 83.5 Å². The molecule has 5 nitrogen and oxygen atoms in total. The Kier molecular flexibility index (Phi) is 5.50. The van der Waals surface area contributed by atoms with Crippen molar-refractivity contribution in [3.8, 4) is 0 Å². The van der Waals surface area contributed by atoms with Crippen molar-refractivity contribution in [3.63, 3.8) is 0 Å². The molecular weight excluding hydrogens is 266 g/mol. The van der Waals surface area contributed by atoms with E-state index in [1.165, 1.54) is 0 Å². The van der Waals surface area contributed by atoms with Crippen LogP contribution in [0.3, 0.4) is 0 Å². The molecule has 0 saturated carbocycles. The molecule has 0 fully saturated rings. The van der Waals surface area contributed by atoms with Crippen molar-refractivity contribution in [2.45, 2.75) is 26.3 Å². The summed E-state index contributed by atoms with van der Waals surface area (Å²) in [6, 6.07) is 7.81. The van der Waals surface area contributed by atoms with Gasteiger partial charge >= 0.3 is 5.97 Å². The van der Waals surface area contributed by atoms with Crippen molar-refractivity contribution in [1.82, 2.24) is 4.72 Å². The second kappa shape index (κ2) is 6.68. The summed E-state index contributed by atoms with van der Waals surface area (Å²) in [7, 11) is -3.58. The van der Waals surface area contributed by atoms with Gasteiger partial charge in [-0.2, -0.15) is 0 Å². The van der Waals surface area contributed by atoms with Crippen molar-refractivity contribution >= 4 is 16.0 Å². The van der Waals surface area contributed by atoms with Crippen molar-refractivity contribution in [2.75, 3.05) is 5.75 Å². The van der Waals surface area contributed by atoms with Crippen LogP contribution in [0.15, 0.2) is 30.3 Å². The number of carbonyl (C=O) groups is 1. The van der Waals surface area contributed by atoms with E-state index in [4.69, 9.17) is 5.11 Å². The lowest BCUT2D eigenvalue weighted by atomic mass is 10.1. The molecule has 1 aromatic rings. The maximum Gasteiger partial charge on any atom is 0.322 e. The zero-order chi connectivity index (χ0) is 14.5. The van der Waals surface area contributed by atoms with Gasteiger partial charge in [0.25, 0.3) is 0 Å². The molecule has 0 aliphatic heterocycles. The Bertz CT molecular complexity index is 511. The summed E-state index contributed by atoms with van der Waals surface area (Å²) in [6.45, 7) is 3.54. The number of sulfonamides is 1. The molecule has 19 heavy (non-hydrogen) atoms. The van der Waals surface area contributed by atoms with Crippen molar-refractivity contribution in [3.05, 3.63) is 35.9 Å². The second-order valence-electron chi connectivity index (χ2n) is 4.87. The van der Waals surface area contributed by atoms with Gasteiger partial charge in [-0.15, -0.1) is 0 Å². The summed E-state index contributed by atoms with van der Waals surface area (Å²) in [4.78, 5) is 11.1. The van der Waals surface area contributed by atoms with E-state index in [9.17, 15) is 13.2 Å². The van der Waals surface area contributed by atoms with E-state index in [1.54, 1.807) is 38.1 Å². The van der Waals surface area contributed by atoms with Crippen LogP contribution in [0.4, 0.5) is 0 Å². The molecule has 0 heterocycles. The van der Waals surface area contributed by atoms with Crippen LogP contribution in [0, 0.1) is 5.92 Å². The van der Waals surface area contributed by atoms with E-state index in [0.29, 0.717) is 0 Å². The molecule has 0 amide bonds. The van der Waals surface area contributed by atoms with E-state index in [-0.39, 0.29) is 18.1 Å². The minimum atomic E-state index is -3.58. The Labute approximate surface area is 113 Å². The van der Waals surface area contributed by atoms with E-state index in [1.807, 2.05) is 6.07 Å². The molecular formula is C13H19NO4S. The van der Waals surface area contributed by atoms with Gasteiger partial charge in [-0.1, -0.05) is 44.2 Å². The van der Waals surface area contributed by atoms with E-state index in [0.717, 1.165) is 5.56 Å². The highest BCUT2D eigenvalue weighted by atomic mass is 32.2. The van der Waals surface area contributed by atoms with Gasteiger partial charge in [-0.25, -0.2) is 13.1 Å². The fourth-order valence-corrected chi connectivity index (χ4v) is 3.32. The van der Waals surface area contributed by atoms with Crippen molar-refractivity contribution < 1.29 is 18.3 Å². The molecule has 0 unspecified atom stereocenters. The van der Waals surface area contributed by atoms with Crippen molar-refractivity contribution in [2.24, 2.45) is 5.92 Å². The largest absolute Gasteiger partial charge is 0.480 e. The molecule has 1 aromatic carbocycles. The van der Waals surface area contributed by atoms with Crippen LogP contribution in [-0.4, -0.2) is 31.3 Å². The third-order valence-corrected chi connectivity index (χ3v) is 4.20. The first-order valence-corrected chi connectivity index (χ1v) is 7.72. The fourth-order valence-electron chi connectivity index (χ4n) is 1.73. The molecule has 106 valence electrons. The fraction of sp³-hybridized carbons (Fsp3) is 0.462. The number of benzene rings is 1. The van der Waals surface area contributed by atoms with E-state index >= 15 is 0 Å². The standard InChI is InChI=1S/C13H19NO4S/c1-10(2)9-19(17,18)14-12(13(15)16)8-11-6-4-3-5-7-11/h3-7,10,12,14H,8-9H2,1-2H3,(H,15,16)/t12-/m0/s1. The van der Waals surface area contributed by atoms with Gasteiger partial charge in [-0.3, -0.25) is 4.79 Å². The molecule has 1 rings (SSSR count). The summed E-state index contributed by atoms with van der Waals surface area (Å²) >= 11 is 0. The number of aliphatic carboxylic acids is 1. The van der Waals surface area contributed by atoms with Gasteiger partial charge < -0.3 is 5.11 Å². The van der Waals surface area contributed by atoms with Crippen molar-refractivity contribution in [1.29, 1.82) is 0 Å². The SMILES string of the molecule is CC(C)CS(=O)(=O)N[C@@H](Cc1ccccc1)C(=O)O. The zero-order valence-electron chi connectivity index (χ0n) is 11.0.